The van der Waals surface area contributed by atoms with Crippen LogP contribution in [0.5, 0.6) is 11.5 Å². The van der Waals surface area contributed by atoms with Crippen LogP contribution in [0.4, 0.5) is 0 Å². The standard InChI is InChI=1S/C19H24BrNO3/c1-13(10-14-4-9-18(23-2)19(11-14)24-3)21-12-17(22)15-5-7-16(20)8-6-15/h4-9,11,13,17,21-22H,10,12H2,1-3H3. The molecule has 0 radical (unpaired) electrons. The van der Waals surface area contributed by atoms with Crippen LogP contribution in [0.3, 0.4) is 0 Å². The second-order valence-electron chi connectivity index (χ2n) is 5.77. The van der Waals surface area contributed by atoms with Crippen LogP contribution in [0.2, 0.25) is 0 Å². The van der Waals surface area contributed by atoms with Crippen molar-refractivity contribution in [3.8, 4) is 11.5 Å². The highest BCUT2D eigenvalue weighted by molar-refractivity contribution is 9.10. The Balaban J connectivity index is 1.88. The molecule has 0 spiro atoms. The summed E-state index contributed by atoms with van der Waals surface area (Å²) in [5.41, 5.74) is 2.06. The van der Waals surface area contributed by atoms with Gasteiger partial charge in [-0.05, 0) is 48.7 Å². The van der Waals surface area contributed by atoms with Gasteiger partial charge in [-0.25, -0.2) is 0 Å². The SMILES string of the molecule is COc1ccc(CC(C)NCC(O)c2ccc(Br)cc2)cc1OC. The van der Waals surface area contributed by atoms with Crippen LogP contribution >= 0.6 is 15.9 Å². The van der Waals surface area contributed by atoms with E-state index in [0.717, 1.165) is 33.5 Å². The first kappa shape index (κ1) is 18.8. The summed E-state index contributed by atoms with van der Waals surface area (Å²) in [6, 6.07) is 13.9. The summed E-state index contributed by atoms with van der Waals surface area (Å²) in [7, 11) is 3.27. The van der Waals surface area contributed by atoms with E-state index in [0.29, 0.717) is 6.54 Å². The Bertz CT molecular complexity index is 646. The predicted molar refractivity (Wildman–Crippen MR) is 99.8 cm³/mol. The van der Waals surface area contributed by atoms with Gasteiger partial charge in [0.05, 0.1) is 20.3 Å². The average molecular weight is 394 g/mol. The number of hydrogen-bond donors (Lipinski definition) is 2. The fourth-order valence-corrected chi connectivity index (χ4v) is 2.81. The molecule has 0 aliphatic carbocycles. The van der Waals surface area contributed by atoms with Gasteiger partial charge < -0.3 is 19.9 Å². The van der Waals surface area contributed by atoms with Crippen molar-refractivity contribution in [1.82, 2.24) is 5.32 Å². The molecule has 0 fully saturated rings. The van der Waals surface area contributed by atoms with Crippen molar-refractivity contribution >= 4 is 15.9 Å². The zero-order valence-corrected chi connectivity index (χ0v) is 15.8. The molecule has 130 valence electrons. The van der Waals surface area contributed by atoms with Crippen molar-refractivity contribution in [3.63, 3.8) is 0 Å². The molecule has 2 aromatic carbocycles. The lowest BCUT2D eigenvalue weighted by Gasteiger charge is -2.18. The Kier molecular flexibility index (Phi) is 7.09. The van der Waals surface area contributed by atoms with E-state index < -0.39 is 6.10 Å². The zero-order chi connectivity index (χ0) is 17.5. The van der Waals surface area contributed by atoms with Crippen LogP contribution in [-0.2, 0) is 6.42 Å². The van der Waals surface area contributed by atoms with E-state index >= 15 is 0 Å². The van der Waals surface area contributed by atoms with E-state index in [9.17, 15) is 5.11 Å². The highest BCUT2D eigenvalue weighted by atomic mass is 79.9. The third kappa shape index (κ3) is 5.23. The number of nitrogens with one attached hydrogen (secondary N) is 1. The third-order valence-electron chi connectivity index (χ3n) is 3.90. The topological polar surface area (TPSA) is 50.7 Å². The molecular formula is C19H24BrNO3. The van der Waals surface area contributed by atoms with Crippen LogP contribution in [0.25, 0.3) is 0 Å². The summed E-state index contributed by atoms with van der Waals surface area (Å²) in [5.74, 6) is 1.46. The van der Waals surface area contributed by atoms with Crippen LogP contribution in [-0.4, -0.2) is 31.9 Å². The summed E-state index contributed by atoms with van der Waals surface area (Å²) in [4.78, 5) is 0. The number of hydrogen-bond acceptors (Lipinski definition) is 4. The fourth-order valence-electron chi connectivity index (χ4n) is 2.55. The summed E-state index contributed by atoms with van der Waals surface area (Å²) < 4.78 is 11.6. The number of methoxy groups -OCH3 is 2. The van der Waals surface area contributed by atoms with Crippen molar-refractivity contribution in [2.75, 3.05) is 20.8 Å². The molecular weight excluding hydrogens is 370 g/mol. The van der Waals surface area contributed by atoms with Crippen LogP contribution < -0.4 is 14.8 Å². The maximum Gasteiger partial charge on any atom is 0.160 e. The van der Waals surface area contributed by atoms with Crippen molar-refractivity contribution in [3.05, 3.63) is 58.1 Å². The molecule has 2 aromatic rings. The number of halogens is 1. The normalized spacial score (nSPS) is 13.4. The molecule has 4 nitrogen and oxygen atoms in total. The molecule has 5 heteroatoms. The quantitative estimate of drug-likeness (QED) is 0.717. The summed E-state index contributed by atoms with van der Waals surface area (Å²) in [6.07, 6.45) is 0.318. The van der Waals surface area contributed by atoms with Gasteiger partial charge in [0.2, 0.25) is 0 Å². The third-order valence-corrected chi connectivity index (χ3v) is 4.43. The lowest BCUT2D eigenvalue weighted by molar-refractivity contribution is 0.170. The molecule has 0 saturated heterocycles. The second kappa shape index (κ2) is 9.06. The first-order valence-corrected chi connectivity index (χ1v) is 8.70. The Hall–Kier alpha value is -1.56. The minimum Gasteiger partial charge on any atom is -0.493 e. The highest BCUT2D eigenvalue weighted by Gasteiger charge is 2.11. The van der Waals surface area contributed by atoms with Crippen molar-refractivity contribution < 1.29 is 14.6 Å². The van der Waals surface area contributed by atoms with Crippen molar-refractivity contribution in [2.24, 2.45) is 0 Å². The van der Waals surface area contributed by atoms with E-state index in [4.69, 9.17) is 9.47 Å². The second-order valence-corrected chi connectivity index (χ2v) is 6.69. The summed E-state index contributed by atoms with van der Waals surface area (Å²) >= 11 is 3.40. The number of ether oxygens (including phenoxy) is 2. The van der Waals surface area contributed by atoms with E-state index in [-0.39, 0.29) is 6.04 Å². The van der Waals surface area contributed by atoms with Crippen LogP contribution in [0.15, 0.2) is 46.9 Å². The molecule has 2 rings (SSSR count). The van der Waals surface area contributed by atoms with Crippen LogP contribution in [0, 0.1) is 0 Å². The Labute approximate surface area is 151 Å². The van der Waals surface area contributed by atoms with Gasteiger partial charge in [-0.3, -0.25) is 0 Å². The van der Waals surface area contributed by atoms with Crippen molar-refractivity contribution in [1.29, 1.82) is 0 Å². The minimum atomic E-state index is -0.522. The number of rotatable bonds is 8. The van der Waals surface area contributed by atoms with Gasteiger partial charge in [0, 0.05) is 17.1 Å². The molecule has 0 amide bonds. The first-order chi connectivity index (χ1) is 11.5. The highest BCUT2D eigenvalue weighted by Crippen LogP contribution is 2.28. The number of aliphatic hydroxyl groups is 1. The summed E-state index contributed by atoms with van der Waals surface area (Å²) in [5, 5.41) is 13.6. The maximum absolute atomic E-state index is 10.3. The van der Waals surface area contributed by atoms with Gasteiger partial charge in [0.25, 0.3) is 0 Å². The predicted octanol–water partition coefficient (Wildman–Crippen LogP) is 3.72. The minimum absolute atomic E-state index is 0.230. The maximum atomic E-state index is 10.3. The molecule has 0 aromatic heterocycles. The van der Waals surface area contributed by atoms with Crippen LogP contribution in [0.1, 0.15) is 24.2 Å². The van der Waals surface area contributed by atoms with Gasteiger partial charge >= 0.3 is 0 Å². The Morgan fingerprint density at radius 1 is 1.04 bits per heavy atom. The van der Waals surface area contributed by atoms with Crippen molar-refractivity contribution in [2.45, 2.75) is 25.5 Å². The lowest BCUT2D eigenvalue weighted by atomic mass is 10.1. The largest absolute Gasteiger partial charge is 0.493 e. The Morgan fingerprint density at radius 2 is 1.71 bits per heavy atom. The molecule has 0 bridgehead atoms. The molecule has 0 aliphatic rings. The molecule has 2 atom stereocenters. The molecule has 2 N–H and O–H groups in total. The van der Waals surface area contributed by atoms with Gasteiger partial charge in [0.15, 0.2) is 11.5 Å². The molecule has 0 saturated carbocycles. The van der Waals surface area contributed by atoms with E-state index in [1.54, 1.807) is 14.2 Å². The molecule has 0 aliphatic heterocycles. The molecule has 2 unspecified atom stereocenters. The monoisotopic (exact) mass is 393 g/mol. The smallest absolute Gasteiger partial charge is 0.160 e. The number of benzene rings is 2. The molecule has 24 heavy (non-hydrogen) atoms. The lowest BCUT2D eigenvalue weighted by Crippen LogP contribution is -2.32. The van der Waals surface area contributed by atoms with E-state index in [1.165, 1.54) is 0 Å². The van der Waals surface area contributed by atoms with Gasteiger partial charge in [-0.15, -0.1) is 0 Å². The van der Waals surface area contributed by atoms with E-state index in [2.05, 4.69) is 28.2 Å². The number of aliphatic hydroxyl groups excluding tert-OH is 1. The molecule has 0 heterocycles. The van der Waals surface area contributed by atoms with Gasteiger partial charge in [0.1, 0.15) is 0 Å². The van der Waals surface area contributed by atoms with Gasteiger partial charge in [-0.2, -0.15) is 0 Å². The first-order valence-electron chi connectivity index (χ1n) is 7.91. The zero-order valence-electron chi connectivity index (χ0n) is 14.3. The average Bonchev–Trinajstić information content (AvgIpc) is 2.60. The van der Waals surface area contributed by atoms with Gasteiger partial charge in [-0.1, -0.05) is 34.1 Å². The fraction of sp³-hybridized carbons (Fsp3) is 0.368. The summed E-state index contributed by atoms with van der Waals surface area (Å²) in [6.45, 7) is 2.61. The van der Waals surface area contributed by atoms with E-state index in [1.807, 2.05) is 42.5 Å². The Morgan fingerprint density at radius 3 is 2.33 bits per heavy atom.